The van der Waals surface area contributed by atoms with E-state index in [1.54, 1.807) is 6.07 Å². The van der Waals surface area contributed by atoms with Crippen molar-refractivity contribution in [3.8, 4) is 10.4 Å². The third-order valence-corrected chi connectivity index (χ3v) is 4.20. The zero-order chi connectivity index (χ0) is 13.3. The van der Waals surface area contributed by atoms with Crippen molar-refractivity contribution < 1.29 is 9.90 Å². The van der Waals surface area contributed by atoms with Crippen LogP contribution in [0, 0.1) is 0 Å². The first-order chi connectivity index (χ1) is 8.54. The molecule has 0 bridgehead atoms. The van der Waals surface area contributed by atoms with Gasteiger partial charge in [0.1, 0.15) is 4.88 Å². The Labute approximate surface area is 114 Å². The molecule has 0 aliphatic rings. The molecule has 5 heteroatoms. The fourth-order valence-corrected chi connectivity index (χ4v) is 3.19. The second-order valence-corrected chi connectivity index (χ2v) is 5.28. The van der Waals surface area contributed by atoms with Gasteiger partial charge in [-0.1, -0.05) is 30.7 Å². The van der Waals surface area contributed by atoms with Crippen LogP contribution in [0.5, 0.6) is 0 Å². The molecule has 0 aliphatic heterocycles. The minimum atomic E-state index is -0.986. The van der Waals surface area contributed by atoms with Gasteiger partial charge in [-0.05, 0) is 29.7 Å². The zero-order valence-electron chi connectivity index (χ0n) is 9.74. The van der Waals surface area contributed by atoms with Gasteiger partial charge < -0.3 is 10.8 Å². The van der Waals surface area contributed by atoms with Gasteiger partial charge in [0, 0.05) is 9.90 Å². The Morgan fingerprint density at radius 3 is 2.78 bits per heavy atom. The molecule has 0 unspecified atom stereocenters. The second-order valence-electron chi connectivity index (χ2n) is 3.82. The molecule has 2 aromatic rings. The summed E-state index contributed by atoms with van der Waals surface area (Å²) in [6.45, 7) is 1.96. The quantitative estimate of drug-likeness (QED) is 0.896. The van der Waals surface area contributed by atoms with Crippen LogP contribution in [0.2, 0.25) is 5.02 Å². The third kappa shape index (κ3) is 2.21. The number of aromatic carboxylic acids is 1. The molecule has 94 valence electrons. The van der Waals surface area contributed by atoms with Crippen LogP contribution in [0.3, 0.4) is 0 Å². The molecule has 0 fully saturated rings. The molecule has 3 N–H and O–H groups in total. The summed E-state index contributed by atoms with van der Waals surface area (Å²) in [5, 5.41) is 9.73. The number of rotatable bonds is 3. The topological polar surface area (TPSA) is 63.3 Å². The van der Waals surface area contributed by atoms with Crippen LogP contribution in [0.4, 0.5) is 5.69 Å². The summed E-state index contributed by atoms with van der Waals surface area (Å²) in [6.07, 6.45) is 0.692. The molecule has 1 aromatic heterocycles. The molecular formula is C13H12ClNO2S. The molecule has 0 saturated heterocycles. The molecule has 1 heterocycles. The fourth-order valence-electron chi connectivity index (χ4n) is 1.85. The van der Waals surface area contributed by atoms with Gasteiger partial charge in [-0.15, -0.1) is 11.3 Å². The first-order valence-electron chi connectivity index (χ1n) is 5.45. The van der Waals surface area contributed by atoms with Gasteiger partial charge in [0.05, 0.1) is 5.69 Å². The molecule has 18 heavy (non-hydrogen) atoms. The summed E-state index contributed by atoms with van der Waals surface area (Å²) in [5.74, 6) is -0.986. The van der Waals surface area contributed by atoms with Crippen molar-refractivity contribution >= 4 is 34.6 Å². The molecule has 3 nitrogen and oxygen atoms in total. The van der Waals surface area contributed by atoms with Crippen molar-refractivity contribution in [2.75, 3.05) is 5.73 Å². The highest BCUT2D eigenvalue weighted by molar-refractivity contribution is 7.18. The van der Waals surface area contributed by atoms with Gasteiger partial charge in [0.25, 0.3) is 0 Å². The van der Waals surface area contributed by atoms with E-state index in [0.29, 0.717) is 17.1 Å². The number of carboxylic acid groups (broad SMARTS) is 1. The molecule has 0 atom stereocenters. The molecular weight excluding hydrogens is 270 g/mol. The average molecular weight is 282 g/mol. The van der Waals surface area contributed by atoms with Crippen LogP contribution in [0.25, 0.3) is 10.4 Å². The number of benzene rings is 1. The molecule has 0 saturated carbocycles. The van der Waals surface area contributed by atoms with Crippen LogP contribution in [-0.2, 0) is 6.42 Å². The lowest BCUT2D eigenvalue weighted by molar-refractivity contribution is 0.0703. The summed E-state index contributed by atoms with van der Waals surface area (Å²) in [4.78, 5) is 12.2. The van der Waals surface area contributed by atoms with E-state index in [1.807, 2.05) is 25.1 Å². The largest absolute Gasteiger partial charge is 0.477 e. The number of carboxylic acids is 1. The number of hydrogen-bond acceptors (Lipinski definition) is 3. The molecule has 2 rings (SSSR count). The van der Waals surface area contributed by atoms with E-state index in [2.05, 4.69) is 0 Å². The van der Waals surface area contributed by atoms with Crippen molar-refractivity contribution in [2.24, 2.45) is 0 Å². The highest BCUT2D eigenvalue weighted by Gasteiger charge is 2.20. The molecule has 1 aromatic carbocycles. The van der Waals surface area contributed by atoms with Crippen LogP contribution in [0.15, 0.2) is 24.3 Å². The SMILES string of the molecule is CCc1c(-c2cccc(Cl)c2)sc(C(=O)O)c1N. The Bertz CT molecular complexity index is 607. The van der Waals surface area contributed by atoms with Crippen molar-refractivity contribution in [3.63, 3.8) is 0 Å². The maximum Gasteiger partial charge on any atom is 0.348 e. The molecule has 0 amide bonds. The minimum absolute atomic E-state index is 0.196. The number of carbonyl (C=O) groups is 1. The number of thiophene rings is 1. The number of nitrogen functional groups attached to an aromatic ring is 1. The zero-order valence-corrected chi connectivity index (χ0v) is 11.3. The van der Waals surface area contributed by atoms with Gasteiger partial charge in [0.2, 0.25) is 0 Å². The number of anilines is 1. The van der Waals surface area contributed by atoms with Crippen molar-refractivity contribution in [1.82, 2.24) is 0 Å². The first kappa shape index (κ1) is 12.9. The highest BCUT2D eigenvalue weighted by atomic mass is 35.5. The van der Waals surface area contributed by atoms with E-state index in [4.69, 9.17) is 22.4 Å². The lowest BCUT2D eigenvalue weighted by Gasteiger charge is -2.03. The van der Waals surface area contributed by atoms with Gasteiger partial charge in [0.15, 0.2) is 0 Å². The fraction of sp³-hybridized carbons (Fsp3) is 0.154. The number of nitrogens with two attached hydrogens (primary N) is 1. The molecule has 0 radical (unpaired) electrons. The minimum Gasteiger partial charge on any atom is -0.477 e. The average Bonchev–Trinajstić information content (AvgIpc) is 2.66. The van der Waals surface area contributed by atoms with E-state index < -0.39 is 5.97 Å². The third-order valence-electron chi connectivity index (χ3n) is 2.68. The predicted octanol–water partition coefficient (Wildman–Crippen LogP) is 3.91. The van der Waals surface area contributed by atoms with E-state index in [9.17, 15) is 4.79 Å². The van der Waals surface area contributed by atoms with Gasteiger partial charge in [-0.2, -0.15) is 0 Å². The lowest BCUT2D eigenvalue weighted by Crippen LogP contribution is -1.99. The first-order valence-corrected chi connectivity index (χ1v) is 6.64. The van der Waals surface area contributed by atoms with Gasteiger partial charge in [-0.3, -0.25) is 0 Å². The van der Waals surface area contributed by atoms with E-state index in [1.165, 1.54) is 11.3 Å². The van der Waals surface area contributed by atoms with Gasteiger partial charge in [-0.25, -0.2) is 4.79 Å². The Kier molecular flexibility index (Phi) is 3.59. The summed E-state index contributed by atoms with van der Waals surface area (Å²) >= 11 is 7.15. The monoisotopic (exact) mass is 281 g/mol. The second kappa shape index (κ2) is 5.00. The van der Waals surface area contributed by atoms with Crippen molar-refractivity contribution in [3.05, 3.63) is 39.7 Å². The number of hydrogen-bond donors (Lipinski definition) is 2. The normalized spacial score (nSPS) is 10.6. The van der Waals surface area contributed by atoms with Crippen molar-refractivity contribution in [1.29, 1.82) is 0 Å². The summed E-state index contributed by atoms with van der Waals surface area (Å²) in [5.41, 5.74) is 8.03. The smallest absolute Gasteiger partial charge is 0.348 e. The standard InChI is InChI=1S/C13H12ClNO2S/c1-2-9-10(15)12(13(16)17)18-11(9)7-4-3-5-8(14)6-7/h3-6H,2,15H2,1H3,(H,16,17). The molecule has 0 aliphatic carbocycles. The Morgan fingerprint density at radius 1 is 1.50 bits per heavy atom. The maximum atomic E-state index is 11.1. The Morgan fingerprint density at radius 2 is 2.22 bits per heavy atom. The molecule has 0 spiro atoms. The summed E-state index contributed by atoms with van der Waals surface area (Å²) in [6, 6.07) is 7.35. The van der Waals surface area contributed by atoms with Gasteiger partial charge >= 0.3 is 5.97 Å². The Hall–Kier alpha value is -1.52. The van der Waals surface area contributed by atoms with E-state index >= 15 is 0 Å². The van der Waals surface area contributed by atoms with Crippen LogP contribution in [-0.4, -0.2) is 11.1 Å². The lowest BCUT2D eigenvalue weighted by atomic mass is 10.1. The summed E-state index contributed by atoms with van der Waals surface area (Å²) < 4.78 is 0. The van der Waals surface area contributed by atoms with Crippen LogP contribution >= 0.6 is 22.9 Å². The maximum absolute atomic E-state index is 11.1. The predicted molar refractivity (Wildman–Crippen MR) is 75.5 cm³/mol. The highest BCUT2D eigenvalue weighted by Crippen LogP contribution is 2.39. The van der Waals surface area contributed by atoms with E-state index in [0.717, 1.165) is 16.0 Å². The van der Waals surface area contributed by atoms with Crippen LogP contribution in [0.1, 0.15) is 22.2 Å². The Balaban J connectivity index is 2.64. The van der Waals surface area contributed by atoms with E-state index in [-0.39, 0.29) is 4.88 Å². The number of halogens is 1. The summed E-state index contributed by atoms with van der Waals surface area (Å²) in [7, 11) is 0. The van der Waals surface area contributed by atoms with Crippen molar-refractivity contribution in [2.45, 2.75) is 13.3 Å². The van der Waals surface area contributed by atoms with Crippen LogP contribution < -0.4 is 5.73 Å².